The summed E-state index contributed by atoms with van der Waals surface area (Å²) in [5.74, 6) is 1.46. The number of guanidine groups is 1. The Balaban J connectivity index is 0.00000208. The van der Waals surface area contributed by atoms with Crippen molar-refractivity contribution in [3.63, 3.8) is 0 Å². The van der Waals surface area contributed by atoms with Crippen LogP contribution in [0.1, 0.15) is 24.4 Å². The Kier molecular flexibility index (Phi) is 8.07. The first-order valence-corrected chi connectivity index (χ1v) is 8.41. The summed E-state index contributed by atoms with van der Waals surface area (Å²) < 4.78 is 11.0. The van der Waals surface area contributed by atoms with Crippen molar-refractivity contribution in [2.45, 2.75) is 18.9 Å². The summed E-state index contributed by atoms with van der Waals surface area (Å²) in [5.41, 5.74) is 7.20. The molecule has 1 unspecified atom stereocenters. The van der Waals surface area contributed by atoms with Crippen LogP contribution in [0.15, 0.2) is 29.3 Å². The number of hydrogen-bond acceptors (Lipinski definition) is 4. The second-order valence-electron chi connectivity index (χ2n) is 5.95. The van der Waals surface area contributed by atoms with Crippen LogP contribution in [-0.2, 0) is 4.74 Å². The highest BCUT2D eigenvalue weighted by atomic mass is 127. The largest absolute Gasteiger partial charge is 0.493 e. The van der Waals surface area contributed by atoms with E-state index in [-0.39, 0.29) is 30.0 Å². The number of nitrogens with two attached hydrogens (primary N) is 1. The number of halogens is 1. The van der Waals surface area contributed by atoms with Gasteiger partial charge in [-0.1, -0.05) is 18.2 Å². The summed E-state index contributed by atoms with van der Waals surface area (Å²) in [4.78, 5) is 6.87. The molecule has 6 nitrogen and oxygen atoms in total. The molecule has 134 valence electrons. The van der Waals surface area contributed by atoms with E-state index in [1.54, 1.807) is 0 Å². The van der Waals surface area contributed by atoms with Crippen molar-refractivity contribution >= 4 is 29.9 Å². The maximum absolute atomic E-state index is 6.05. The van der Waals surface area contributed by atoms with Gasteiger partial charge in [0.1, 0.15) is 5.75 Å². The fourth-order valence-corrected chi connectivity index (χ4v) is 3.03. The summed E-state index contributed by atoms with van der Waals surface area (Å²) >= 11 is 0. The zero-order chi connectivity index (χ0) is 15.9. The van der Waals surface area contributed by atoms with Crippen molar-refractivity contribution in [2.24, 2.45) is 10.7 Å². The number of rotatable bonds is 5. The number of morpholine rings is 1. The van der Waals surface area contributed by atoms with Crippen LogP contribution >= 0.6 is 24.0 Å². The molecule has 1 atom stereocenters. The normalized spacial score (nSPS) is 21.3. The average Bonchev–Trinajstić information content (AvgIpc) is 2.60. The molecule has 2 aliphatic rings. The molecule has 2 aliphatic heterocycles. The molecule has 0 aliphatic carbocycles. The summed E-state index contributed by atoms with van der Waals surface area (Å²) in [6.45, 7) is 6.25. The van der Waals surface area contributed by atoms with Gasteiger partial charge in [-0.25, -0.2) is 0 Å². The Bertz CT molecular complexity index is 535. The van der Waals surface area contributed by atoms with E-state index in [2.05, 4.69) is 21.3 Å². The number of benzene rings is 1. The molecule has 0 aromatic heterocycles. The van der Waals surface area contributed by atoms with E-state index in [4.69, 9.17) is 15.2 Å². The number of nitrogens with zero attached hydrogens (tertiary/aromatic N) is 2. The first kappa shape index (κ1) is 19.3. The maximum atomic E-state index is 6.05. The van der Waals surface area contributed by atoms with E-state index in [0.29, 0.717) is 12.6 Å². The van der Waals surface area contributed by atoms with Crippen molar-refractivity contribution in [2.75, 3.05) is 46.0 Å². The lowest BCUT2D eigenvalue weighted by atomic mass is 10.0. The predicted octanol–water partition coefficient (Wildman–Crippen LogP) is 1.75. The second kappa shape index (κ2) is 10.0. The monoisotopic (exact) mass is 446 g/mol. The molecule has 1 aromatic carbocycles. The van der Waals surface area contributed by atoms with Gasteiger partial charge in [-0.15, -0.1) is 24.0 Å². The van der Waals surface area contributed by atoms with Gasteiger partial charge in [0.25, 0.3) is 0 Å². The quantitative estimate of drug-likeness (QED) is 0.312. The maximum Gasteiger partial charge on any atom is 0.189 e. The van der Waals surface area contributed by atoms with E-state index < -0.39 is 0 Å². The van der Waals surface area contributed by atoms with Gasteiger partial charge in [0.15, 0.2) is 5.96 Å². The minimum absolute atomic E-state index is 0. The van der Waals surface area contributed by atoms with E-state index in [1.807, 2.05) is 18.2 Å². The molecule has 1 saturated heterocycles. The zero-order valence-electron chi connectivity index (χ0n) is 13.9. The Morgan fingerprint density at radius 2 is 2.04 bits per heavy atom. The first-order chi connectivity index (χ1) is 11.3. The van der Waals surface area contributed by atoms with Gasteiger partial charge in [-0.05, 0) is 12.5 Å². The molecule has 1 aromatic rings. The van der Waals surface area contributed by atoms with Gasteiger partial charge >= 0.3 is 0 Å². The molecule has 0 radical (unpaired) electrons. The van der Waals surface area contributed by atoms with Crippen LogP contribution < -0.4 is 15.8 Å². The minimum Gasteiger partial charge on any atom is -0.493 e. The van der Waals surface area contributed by atoms with Gasteiger partial charge < -0.3 is 20.5 Å². The van der Waals surface area contributed by atoms with E-state index in [9.17, 15) is 0 Å². The molecular formula is C17H27IN4O2. The van der Waals surface area contributed by atoms with Crippen LogP contribution in [0.25, 0.3) is 0 Å². The van der Waals surface area contributed by atoms with E-state index >= 15 is 0 Å². The van der Waals surface area contributed by atoms with Crippen LogP contribution in [0.3, 0.4) is 0 Å². The molecule has 0 bridgehead atoms. The fourth-order valence-electron chi connectivity index (χ4n) is 3.03. The van der Waals surface area contributed by atoms with Crippen molar-refractivity contribution < 1.29 is 9.47 Å². The number of nitrogens with one attached hydrogen (secondary N) is 1. The van der Waals surface area contributed by atoms with Crippen molar-refractivity contribution in [1.29, 1.82) is 0 Å². The molecule has 0 amide bonds. The molecule has 24 heavy (non-hydrogen) atoms. The Morgan fingerprint density at radius 3 is 2.88 bits per heavy atom. The third-order valence-corrected chi connectivity index (χ3v) is 4.30. The third kappa shape index (κ3) is 5.49. The Hall–Kier alpha value is -1.06. The minimum atomic E-state index is 0. The van der Waals surface area contributed by atoms with Crippen LogP contribution in [0, 0.1) is 0 Å². The number of ether oxygens (including phenoxy) is 2. The molecular weight excluding hydrogens is 419 g/mol. The number of para-hydroxylation sites is 1. The SMILES string of the molecule is I.NC(=NCCCN1CCOCC1)NC1CCOc2ccccc21. The lowest BCUT2D eigenvalue weighted by Gasteiger charge is -2.27. The highest BCUT2D eigenvalue weighted by Gasteiger charge is 2.21. The Labute approximate surface area is 160 Å². The summed E-state index contributed by atoms with van der Waals surface area (Å²) in [7, 11) is 0. The van der Waals surface area contributed by atoms with E-state index in [0.717, 1.165) is 63.5 Å². The number of aliphatic imine (C=N–C) groups is 1. The Morgan fingerprint density at radius 1 is 1.25 bits per heavy atom. The highest BCUT2D eigenvalue weighted by molar-refractivity contribution is 14.0. The van der Waals surface area contributed by atoms with E-state index in [1.165, 1.54) is 0 Å². The molecule has 3 N–H and O–H groups in total. The smallest absolute Gasteiger partial charge is 0.189 e. The van der Waals surface area contributed by atoms with Gasteiger partial charge in [-0.2, -0.15) is 0 Å². The second-order valence-corrected chi connectivity index (χ2v) is 5.95. The van der Waals surface area contributed by atoms with Crippen LogP contribution in [0.4, 0.5) is 0 Å². The van der Waals surface area contributed by atoms with Crippen molar-refractivity contribution in [1.82, 2.24) is 10.2 Å². The average molecular weight is 446 g/mol. The lowest BCUT2D eigenvalue weighted by molar-refractivity contribution is 0.0377. The van der Waals surface area contributed by atoms with Crippen LogP contribution in [0.5, 0.6) is 5.75 Å². The van der Waals surface area contributed by atoms with Crippen molar-refractivity contribution in [3.05, 3.63) is 29.8 Å². The topological polar surface area (TPSA) is 72.1 Å². The first-order valence-electron chi connectivity index (χ1n) is 8.41. The zero-order valence-corrected chi connectivity index (χ0v) is 16.3. The molecule has 2 heterocycles. The fraction of sp³-hybridized carbons (Fsp3) is 0.588. The van der Waals surface area contributed by atoms with Gasteiger partial charge in [0.05, 0.1) is 25.9 Å². The van der Waals surface area contributed by atoms with Gasteiger partial charge in [-0.3, -0.25) is 9.89 Å². The lowest BCUT2D eigenvalue weighted by Crippen LogP contribution is -2.38. The standard InChI is InChI=1S/C17H26N4O2.HI/c18-17(19-7-3-8-21-9-12-22-13-10-21)20-15-6-11-23-16-5-2-1-4-14(15)16;/h1-2,4-5,15H,3,6-13H2,(H3,18,19,20);1H. The van der Waals surface area contributed by atoms with Crippen LogP contribution in [-0.4, -0.2) is 56.9 Å². The number of fused-ring (bicyclic) bond motifs is 1. The highest BCUT2D eigenvalue weighted by Crippen LogP contribution is 2.31. The molecule has 1 fully saturated rings. The van der Waals surface area contributed by atoms with Crippen molar-refractivity contribution in [3.8, 4) is 5.75 Å². The summed E-state index contributed by atoms with van der Waals surface area (Å²) in [6.07, 6.45) is 1.92. The molecule has 3 rings (SSSR count). The molecule has 0 spiro atoms. The predicted molar refractivity (Wildman–Crippen MR) is 106 cm³/mol. The van der Waals surface area contributed by atoms with Gasteiger partial charge in [0.2, 0.25) is 0 Å². The van der Waals surface area contributed by atoms with Crippen LogP contribution in [0.2, 0.25) is 0 Å². The molecule has 7 heteroatoms. The summed E-state index contributed by atoms with van der Waals surface area (Å²) in [5, 5.41) is 3.33. The summed E-state index contributed by atoms with van der Waals surface area (Å²) in [6, 6.07) is 8.28. The molecule has 0 saturated carbocycles. The number of hydrogen-bond donors (Lipinski definition) is 2. The van der Waals surface area contributed by atoms with Gasteiger partial charge in [0, 0.05) is 38.2 Å². The third-order valence-electron chi connectivity index (χ3n) is 4.30.